The molecule has 0 unspecified atom stereocenters. The summed E-state index contributed by atoms with van der Waals surface area (Å²) in [6, 6.07) is 10.9. The molecule has 12 nitrogen and oxygen atoms in total. The van der Waals surface area contributed by atoms with Crippen LogP contribution in [0.4, 0.5) is 15.3 Å². The number of likely N-dealkylation sites (tertiary alicyclic amines) is 1. The molecule has 0 radical (unpaired) electrons. The summed E-state index contributed by atoms with van der Waals surface area (Å²) in [6.07, 6.45) is 9.56. The minimum Gasteiger partial charge on any atom is -0.494 e. The molecule has 0 bridgehead atoms. The zero-order valence-corrected chi connectivity index (χ0v) is 27.1. The van der Waals surface area contributed by atoms with Crippen LogP contribution in [0.2, 0.25) is 5.02 Å². The Morgan fingerprint density at radius 1 is 1.04 bits per heavy atom. The Balaban J connectivity index is 1.26. The van der Waals surface area contributed by atoms with Crippen molar-refractivity contribution in [2.45, 2.75) is 71.6 Å². The number of guanidine groups is 1. The summed E-state index contributed by atoms with van der Waals surface area (Å²) in [5, 5.41) is 16.0. The summed E-state index contributed by atoms with van der Waals surface area (Å²) in [6.45, 7) is 8.18. The average molecular weight is 644 g/mol. The second-order valence-corrected chi connectivity index (χ2v) is 12.1. The van der Waals surface area contributed by atoms with Crippen LogP contribution in [-0.4, -0.2) is 61.6 Å². The van der Waals surface area contributed by atoms with Crippen molar-refractivity contribution in [2.24, 2.45) is 10.9 Å². The molecule has 13 heteroatoms. The molecule has 1 aliphatic heterocycles. The van der Waals surface area contributed by atoms with E-state index in [-0.39, 0.29) is 25.3 Å². The first-order chi connectivity index (χ1) is 21.6. The third-order valence-corrected chi connectivity index (χ3v) is 7.05. The molecule has 2 heterocycles. The molecule has 1 fully saturated rings. The number of anilines is 1. The molecular weight excluding hydrogens is 600 g/mol. The fraction of sp³-hybridized carbons (Fsp3) is 0.531. The fourth-order valence-electron chi connectivity index (χ4n) is 4.40. The van der Waals surface area contributed by atoms with E-state index >= 15 is 0 Å². The number of nitrogens with zero attached hydrogens (tertiary/aromatic N) is 4. The predicted molar refractivity (Wildman–Crippen MR) is 170 cm³/mol. The molecule has 1 aliphatic rings. The van der Waals surface area contributed by atoms with Gasteiger partial charge in [-0.1, -0.05) is 24.4 Å². The predicted octanol–water partition coefficient (Wildman–Crippen LogP) is 5.86. The molecule has 0 saturated carbocycles. The number of carbonyl (C=O) groups is 2. The number of unbranched alkanes of at least 4 members (excludes halogenated alkanes) is 3. The third kappa shape index (κ3) is 14.4. The van der Waals surface area contributed by atoms with Gasteiger partial charge in [0, 0.05) is 36.8 Å². The van der Waals surface area contributed by atoms with E-state index in [9.17, 15) is 9.59 Å². The number of carbonyl (C=O) groups excluding carboxylic acids is 2. The molecule has 2 aromatic rings. The van der Waals surface area contributed by atoms with E-state index in [0.29, 0.717) is 42.9 Å². The van der Waals surface area contributed by atoms with E-state index in [0.717, 1.165) is 44.3 Å². The summed E-state index contributed by atoms with van der Waals surface area (Å²) >= 11 is 5.88. The van der Waals surface area contributed by atoms with Crippen molar-refractivity contribution in [3.8, 4) is 11.9 Å². The summed E-state index contributed by atoms with van der Waals surface area (Å²) in [5.41, 5.74) is 0.186. The Labute approximate surface area is 270 Å². The molecule has 0 aliphatic carbocycles. The summed E-state index contributed by atoms with van der Waals surface area (Å²) in [4.78, 5) is 29.8. The molecule has 0 atom stereocenters. The lowest BCUT2D eigenvalue weighted by atomic mass is 9.98. The molecule has 1 aromatic heterocycles. The van der Waals surface area contributed by atoms with Crippen LogP contribution in [0.25, 0.3) is 0 Å². The van der Waals surface area contributed by atoms with Crippen LogP contribution in [0.3, 0.4) is 0 Å². The van der Waals surface area contributed by atoms with Crippen molar-refractivity contribution in [1.29, 1.82) is 5.26 Å². The van der Waals surface area contributed by atoms with Gasteiger partial charge in [0.05, 0.1) is 18.9 Å². The number of ether oxygens (including phenoxy) is 4. The van der Waals surface area contributed by atoms with E-state index in [4.69, 9.17) is 35.8 Å². The Bertz CT molecular complexity index is 1270. The number of nitrogens with one attached hydrogen (secondary N) is 2. The molecular formula is C32H44ClN6O6+. The molecule has 45 heavy (non-hydrogen) atoms. The molecule has 3 rings (SSSR count). The second kappa shape index (κ2) is 18.5. The van der Waals surface area contributed by atoms with Crippen LogP contribution < -0.4 is 19.9 Å². The van der Waals surface area contributed by atoms with Gasteiger partial charge in [-0.15, -0.1) is 4.99 Å². The molecule has 2 N–H and O–H groups in total. The van der Waals surface area contributed by atoms with Crippen molar-refractivity contribution in [3.63, 3.8) is 0 Å². The lowest BCUT2D eigenvalue weighted by Crippen LogP contribution is -2.42. The van der Waals surface area contributed by atoms with E-state index in [1.165, 1.54) is 0 Å². The molecule has 1 amide bonds. The Hall–Kier alpha value is -4.24. The number of halogens is 1. The monoisotopic (exact) mass is 643 g/mol. The van der Waals surface area contributed by atoms with Gasteiger partial charge in [-0.25, -0.2) is 9.59 Å². The summed E-state index contributed by atoms with van der Waals surface area (Å²) < 4.78 is 23.3. The number of piperidine rings is 1. The molecule has 0 spiro atoms. The SMILES string of the molecule is CC(C)(C)OC(=O)N1CCC(COC(=O)OC[n+]2ccc(NC(=NC#N)NCCCCCCOc3ccc(Cl)cc3)cc2)CC1. The molecule has 1 aromatic carbocycles. The first-order valence-corrected chi connectivity index (χ1v) is 15.6. The Morgan fingerprint density at radius 3 is 2.40 bits per heavy atom. The van der Waals surface area contributed by atoms with Crippen LogP contribution >= 0.6 is 11.6 Å². The highest BCUT2D eigenvalue weighted by Crippen LogP contribution is 2.20. The topological polar surface area (TPSA) is 138 Å². The Morgan fingerprint density at radius 2 is 1.73 bits per heavy atom. The number of nitriles is 1. The van der Waals surface area contributed by atoms with Crippen LogP contribution in [-0.2, 0) is 20.9 Å². The van der Waals surface area contributed by atoms with Crippen molar-refractivity contribution in [1.82, 2.24) is 10.2 Å². The molecule has 1 saturated heterocycles. The number of amides is 1. The maximum atomic E-state index is 12.2. The maximum absolute atomic E-state index is 12.2. The smallest absolute Gasteiger partial charge is 0.494 e. The second-order valence-electron chi connectivity index (χ2n) is 11.7. The van der Waals surface area contributed by atoms with E-state index in [1.807, 2.05) is 51.2 Å². The van der Waals surface area contributed by atoms with Gasteiger partial charge in [0.15, 0.2) is 12.4 Å². The van der Waals surface area contributed by atoms with Crippen molar-refractivity contribution < 1.29 is 33.1 Å². The number of hydrogen-bond acceptors (Lipinski definition) is 8. The zero-order chi connectivity index (χ0) is 32.5. The zero-order valence-electron chi connectivity index (χ0n) is 26.3. The van der Waals surface area contributed by atoms with Crippen molar-refractivity contribution >= 4 is 35.5 Å². The maximum Gasteiger partial charge on any atom is 0.513 e. The highest BCUT2D eigenvalue weighted by molar-refractivity contribution is 6.30. The standard InChI is InChI=1S/C32H43ClN6O6/c1-32(2,3)45-30(40)39-19-12-25(13-20-39)22-43-31(41)44-24-38-17-14-27(15-18-38)37-29(36-23-34)35-16-6-4-5-7-21-42-28-10-8-26(33)9-11-28/h8-11,14-15,17-18,25H,4-7,12-13,16,19-22,24H2,1-3H3,(H,35,36)/p+1. The summed E-state index contributed by atoms with van der Waals surface area (Å²) in [7, 11) is 0. The van der Waals surface area contributed by atoms with Gasteiger partial charge in [0.25, 0.3) is 6.73 Å². The summed E-state index contributed by atoms with van der Waals surface area (Å²) in [5.74, 6) is 1.33. The van der Waals surface area contributed by atoms with Crippen LogP contribution in [0.15, 0.2) is 53.8 Å². The largest absolute Gasteiger partial charge is 0.513 e. The van der Waals surface area contributed by atoms with Gasteiger partial charge < -0.3 is 34.5 Å². The number of hydrogen-bond donors (Lipinski definition) is 2. The third-order valence-electron chi connectivity index (χ3n) is 6.80. The van der Waals surface area contributed by atoms with Crippen LogP contribution in [0, 0.1) is 17.4 Å². The normalized spacial score (nSPS) is 13.8. The quantitative estimate of drug-likeness (QED) is 0.0686. The lowest BCUT2D eigenvalue weighted by Gasteiger charge is -2.33. The van der Waals surface area contributed by atoms with Gasteiger partial charge >= 0.3 is 12.2 Å². The van der Waals surface area contributed by atoms with E-state index in [2.05, 4.69) is 15.6 Å². The number of rotatable bonds is 13. The number of pyridine rings is 1. The van der Waals surface area contributed by atoms with Gasteiger partial charge in [-0.05, 0) is 76.6 Å². The number of aliphatic imine (C=N–C) groups is 1. The minimum atomic E-state index is -0.749. The first-order valence-electron chi connectivity index (χ1n) is 15.2. The average Bonchev–Trinajstić information content (AvgIpc) is 3.01. The highest BCUT2D eigenvalue weighted by atomic mass is 35.5. The fourth-order valence-corrected chi connectivity index (χ4v) is 4.52. The van der Waals surface area contributed by atoms with Gasteiger partial charge in [0.1, 0.15) is 11.4 Å². The van der Waals surface area contributed by atoms with E-state index in [1.54, 1.807) is 34.0 Å². The lowest BCUT2D eigenvalue weighted by molar-refractivity contribution is -0.727. The Kier molecular flexibility index (Phi) is 14.5. The van der Waals surface area contributed by atoms with Crippen LogP contribution in [0.5, 0.6) is 5.75 Å². The molecule has 244 valence electrons. The van der Waals surface area contributed by atoms with E-state index < -0.39 is 11.8 Å². The van der Waals surface area contributed by atoms with Crippen molar-refractivity contribution in [2.75, 3.05) is 38.2 Å². The van der Waals surface area contributed by atoms with Crippen molar-refractivity contribution in [3.05, 3.63) is 53.8 Å². The minimum absolute atomic E-state index is 0.0155. The number of aromatic nitrogens is 1. The highest BCUT2D eigenvalue weighted by Gasteiger charge is 2.27. The van der Waals surface area contributed by atoms with Gasteiger partial charge in [0.2, 0.25) is 12.2 Å². The van der Waals surface area contributed by atoms with Gasteiger partial charge in [-0.2, -0.15) is 9.83 Å². The van der Waals surface area contributed by atoms with Gasteiger partial charge in [-0.3, -0.25) is 0 Å². The number of benzene rings is 1. The first kappa shape index (κ1) is 35.2. The van der Waals surface area contributed by atoms with Crippen LogP contribution in [0.1, 0.15) is 59.3 Å².